The van der Waals surface area contributed by atoms with Crippen LogP contribution >= 0.6 is 15.9 Å². The van der Waals surface area contributed by atoms with Crippen LogP contribution in [0.4, 0.5) is 11.4 Å². The molecule has 0 amide bonds. The van der Waals surface area contributed by atoms with Gasteiger partial charge in [-0.15, -0.1) is 0 Å². The maximum Gasteiger partial charge on any atom is 0.101 e. The van der Waals surface area contributed by atoms with Crippen molar-refractivity contribution in [1.82, 2.24) is 0 Å². The summed E-state index contributed by atoms with van der Waals surface area (Å²) in [6, 6.07) is 15.6. The number of anilines is 2. The summed E-state index contributed by atoms with van der Waals surface area (Å²) in [4.78, 5) is 0. The summed E-state index contributed by atoms with van der Waals surface area (Å²) in [6.07, 6.45) is 0. The lowest BCUT2D eigenvalue weighted by Gasteiger charge is -2.17. The first-order valence-corrected chi connectivity index (χ1v) is 6.71. The predicted octanol–water partition coefficient (Wildman–Crippen LogP) is 4.08. The number of nitrogen functional groups attached to an aromatic ring is 1. The van der Waals surface area contributed by atoms with Crippen molar-refractivity contribution in [3.8, 4) is 6.07 Å². The summed E-state index contributed by atoms with van der Waals surface area (Å²) in [7, 11) is 0. The van der Waals surface area contributed by atoms with E-state index in [0.717, 1.165) is 21.4 Å². The lowest BCUT2D eigenvalue weighted by Crippen LogP contribution is -2.08. The van der Waals surface area contributed by atoms with Crippen LogP contribution in [-0.2, 0) is 0 Å². The van der Waals surface area contributed by atoms with E-state index >= 15 is 0 Å². The van der Waals surface area contributed by atoms with E-state index in [1.807, 2.05) is 43.3 Å². The quantitative estimate of drug-likeness (QED) is 0.839. The van der Waals surface area contributed by atoms with Gasteiger partial charge in [-0.05, 0) is 42.8 Å². The van der Waals surface area contributed by atoms with Crippen LogP contribution in [0.25, 0.3) is 0 Å². The first-order valence-electron chi connectivity index (χ1n) is 5.92. The molecule has 0 aromatic heterocycles. The molecule has 0 spiro atoms. The molecule has 0 aliphatic carbocycles. The summed E-state index contributed by atoms with van der Waals surface area (Å²) >= 11 is 3.36. The third kappa shape index (κ3) is 3.27. The largest absolute Gasteiger partial charge is 0.399 e. The first kappa shape index (κ1) is 13.4. The highest BCUT2D eigenvalue weighted by Gasteiger charge is 2.09. The fraction of sp³-hybridized carbons (Fsp3) is 0.133. The van der Waals surface area contributed by atoms with Crippen molar-refractivity contribution in [3.05, 3.63) is 58.1 Å². The Morgan fingerprint density at radius 3 is 2.74 bits per heavy atom. The van der Waals surface area contributed by atoms with Gasteiger partial charge in [0.05, 0.1) is 11.3 Å². The van der Waals surface area contributed by atoms with E-state index in [1.165, 1.54) is 0 Å². The van der Waals surface area contributed by atoms with Gasteiger partial charge in [-0.1, -0.05) is 28.1 Å². The molecule has 0 fully saturated rings. The molecule has 96 valence electrons. The van der Waals surface area contributed by atoms with E-state index in [2.05, 4.69) is 27.3 Å². The zero-order valence-electron chi connectivity index (χ0n) is 10.5. The molecule has 0 aliphatic heterocycles. The van der Waals surface area contributed by atoms with E-state index in [1.54, 1.807) is 6.07 Å². The Hall–Kier alpha value is -1.99. The molecule has 0 aliphatic rings. The maximum absolute atomic E-state index is 9.14. The molecule has 0 bridgehead atoms. The van der Waals surface area contributed by atoms with Crippen molar-refractivity contribution in [1.29, 1.82) is 5.26 Å². The summed E-state index contributed by atoms with van der Waals surface area (Å²) in [6.45, 7) is 2.04. The number of rotatable bonds is 3. The Morgan fingerprint density at radius 2 is 2.05 bits per heavy atom. The Bertz CT molecular complexity index is 632. The molecule has 0 radical (unpaired) electrons. The van der Waals surface area contributed by atoms with Gasteiger partial charge in [0.2, 0.25) is 0 Å². The fourth-order valence-corrected chi connectivity index (χ4v) is 2.24. The number of hydrogen-bond acceptors (Lipinski definition) is 3. The van der Waals surface area contributed by atoms with E-state index in [-0.39, 0.29) is 6.04 Å². The molecule has 19 heavy (non-hydrogen) atoms. The Morgan fingerprint density at radius 1 is 1.26 bits per heavy atom. The van der Waals surface area contributed by atoms with Gasteiger partial charge < -0.3 is 11.1 Å². The molecule has 0 heterocycles. The number of nitrogens with two attached hydrogens (primary N) is 1. The average molecular weight is 316 g/mol. The minimum atomic E-state index is 0.0803. The highest BCUT2D eigenvalue weighted by molar-refractivity contribution is 9.10. The van der Waals surface area contributed by atoms with Crippen LogP contribution in [-0.4, -0.2) is 0 Å². The maximum atomic E-state index is 9.14. The van der Waals surface area contributed by atoms with Gasteiger partial charge in [0, 0.05) is 16.2 Å². The minimum Gasteiger partial charge on any atom is -0.399 e. The third-order valence-corrected chi connectivity index (χ3v) is 3.38. The van der Waals surface area contributed by atoms with Crippen LogP contribution in [0.15, 0.2) is 46.9 Å². The van der Waals surface area contributed by atoms with Gasteiger partial charge in [-0.25, -0.2) is 0 Å². The molecule has 0 saturated heterocycles. The Balaban J connectivity index is 2.24. The SMILES string of the molecule is CC(Nc1ccc(Br)cc1C#N)c1cccc(N)c1. The van der Waals surface area contributed by atoms with Gasteiger partial charge in [0.1, 0.15) is 6.07 Å². The highest BCUT2D eigenvalue weighted by Crippen LogP contribution is 2.25. The highest BCUT2D eigenvalue weighted by atomic mass is 79.9. The predicted molar refractivity (Wildman–Crippen MR) is 81.7 cm³/mol. The molecule has 2 aromatic carbocycles. The number of nitrogens with zero attached hydrogens (tertiary/aromatic N) is 1. The van der Waals surface area contributed by atoms with Gasteiger partial charge >= 0.3 is 0 Å². The molecule has 3 nitrogen and oxygen atoms in total. The first-order chi connectivity index (χ1) is 9.10. The van der Waals surface area contributed by atoms with Crippen LogP contribution in [0.3, 0.4) is 0 Å². The van der Waals surface area contributed by atoms with Crippen molar-refractivity contribution >= 4 is 27.3 Å². The van der Waals surface area contributed by atoms with Gasteiger partial charge in [-0.2, -0.15) is 5.26 Å². The zero-order chi connectivity index (χ0) is 13.8. The van der Waals surface area contributed by atoms with Crippen LogP contribution in [0.5, 0.6) is 0 Å². The van der Waals surface area contributed by atoms with Crippen molar-refractivity contribution in [2.45, 2.75) is 13.0 Å². The lowest BCUT2D eigenvalue weighted by atomic mass is 10.1. The number of halogens is 1. The smallest absolute Gasteiger partial charge is 0.101 e. The second-order valence-corrected chi connectivity index (χ2v) is 5.25. The normalized spacial score (nSPS) is 11.6. The van der Waals surface area contributed by atoms with Crippen molar-refractivity contribution < 1.29 is 0 Å². The average Bonchev–Trinajstić information content (AvgIpc) is 2.40. The summed E-state index contributed by atoms with van der Waals surface area (Å²) in [5, 5.41) is 12.5. The van der Waals surface area contributed by atoms with E-state index in [4.69, 9.17) is 11.0 Å². The second kappa shape index (κ2) is 5.77. The monoisotopic (exact) mass is 315 g/mol. The summed E-state index contributed by atoms with van der Waals surface area (Å²) in [5.74, 6) is 0. The minimum absolute atomic E-state index is 0.0803. The topological polar surface area (TPSA) is 61.8 Å². The number of nitriles is 1. The van der Waals surface area contributed by atoms with Crippen LogP contribution in [0.1, 0.15) is 24.1 Å². The standard InChI is InChI=1S/C15H14BrN3/c1-10(11-3-2-4-14(18)8-11)19-15-6-5-13(16)7-12(15)9-17/h2-8,10,19H,18H2,1H3. The van der Waals surface area contributed by atoms with Crippen LogP contribution in [0, 0.1) is 11.3 Å². The zero-order valence-corrected chi connectivity index (χ0v) is 12.1. The molecule has 1 unspecified atom stereocenters. The Labute approximate surface area is 121 Å². The number of hydrogen-bond donors (Lipinski definition) is 2. The van der Waals surface area contributed by atoms with Crippen molar-refractivity contribution in [2.24, 2.45) is 0 Å². The summed E-state index contributed by atoms with van der Waals surface area (Å²) < 4.78 is 0.895. The number of benzene rings is 2. The van der Waals surface area contributed by atoms with Crippen LogP contribution in [0.2, 0.25) is 0 Å². The molecule has 3 N–H and O–H groups in total. The second-order valence-electron chi connectivity index (χ2n) is 4.34. The fourth-order valence-electron chi connectivity index (χ4n) is 1.88. The molecule has 2 aromatic rings. The van der Waals surface area contributed by atoms with Crippen molar-refractivity contribution in [2.75, 3.05) is 11.1 Å². The molecule has 1 atom stereocenters. The molecular formula is C15H14BrN3. The van der Waals surface area contributed by atoms with Crippen LogP contribution < -0.4 is 11.1 Å². The molecule has 0 saturated carbocycles. The Kier molecular flexibility index (Phi) is 4.08. The lowest BCUT2D eigenvalue weighted by molar-refractivity contribution is 0.884. The summed E-state index contributed by atoms with van der Waals surface area (Å²) in [5.41, 5.74) is 9.04. The van der Waals surface area contributed by atoms with Gasteiger partial charge in [0.25, 0.3) is 0 Å². The third-order valence-electron chi connectivity index (χ3n) is 2.88. The van der Waals surface area contributed by atoms with Crippen molar-refractivity contribution in [3.63, 3.8) is 0 Å². The molecule has 4 heteroatoms. The molecule has 2 rings (SSSR count). The van der Waals surface area contributed by atoms with E-state index in [0.29, 0.717) is 5.56 Å². The van der Waals surface area contributed by atoms with Gasteiger partial charge in [0.15, 0.2) is 0 Å². The number of nitrogens with one attached hydrogen (secondary N) is 1. The van der Waals surface area contributed by atoms with E-state index in [9.17, 15) is 0 Å². The van der Waals surface area contributed by atoms with E-state index < -0.39 is 0 Å². The molecular weight excluding hydrogens is 302 g/mol. The van der Waals surface area contributed by atoms with Gasteiger partial charge in [-0.3, -0.25) is 0 Å².